The molecule has 5 nitrogen and oxygen atoms in total. The van der Waals surface area contributed by atoms with E-state index < -0.39 is 0 Å². The maximum Gasteiger partial charge on any atom is 0.191 e. The number of aliphatic hydroxyl groups excluding tert-OH is 1. The van der Waals surface area contributed by atoms with Gasteiger partial charge >= 0.3 is 0 Å². The first-order valence-electron chi connectivity index (χ1n) is 9.83. The van der Waals surface area contributed by atoms with Crippen molar-refractivity contribution in [1.29, 1.82) is 0 Å². The molecule has 1 unspecified atom stereocenters. The van der Waals surface area contributed by atoms with Crippen LogP contribution in [0.25, 0.3) is 0 Å². The number of hydrogen-bond donors (Lipinski definition) is 3. The number of guanidine groups is 1. The van der Waals surface area contributed by atoms with Gasteiger partial charge in [0.05, 0.1) is 12.6 Å². The molecule has 0 bridgehead atoms. The van der Waals surface area contributed by atoms with Gasteiger partial charge in [-0.25, -0.2) is 4.99 Å². The van der Waals surface area contributed by atoms with Gasteiger partial charge in [-0.1, -0.05) is 26.0 Å². The van der Waals surface area contributed by atoms with E-state index in [1.165, 1.54) is 0 Å². The van der Waals surface area contributed by atoms with Gasteiger partial charge in [-0.2, -0.15) is 0 Å². The molecule has 1 rings (SSSR count). The largest absolute Gasteiger partial charge is 0.491 e. The molecular weight excluding hydrogens is 453 g/mol. The Balaban J connectivity index is 0.00000676. The number of hydrogen-bond acceptors (Lipinski definition) is 3. The molecule has 0 heterocycles. The molecule has 156 valence electrons. The minimum atomic E-state index is 0. The fourth-order valence-corrected chi connectivity index (χ4v) is 2.85. The molecule has 0 radical (unpaired) electrons. The first-order valence-corrected chi connectivity index (χ1v) is 9.83. The van der Waals surface area contributed by atoms with E-state index in [0.717, 1.165) is 43.2 Å². The van der Waals surface area contributed by atoms with Gasteiger partial charge in [0.15, 0.2) is 5.96 Å². The van der Waals surface area contributed by atoms with E-state index in [2.05, 4.69) is 48.5 Å². The van der Waals surface area contributed by atoms with Gasteiger partial charge in [0.25, 0.3) is 0 Å². The summed E-state index contributed by atoms with van der Waals surface area (Å²) in [6, 6.07) is 8.09. The quantitative estimate of drug-likeness (QED) is 0.247. The zero-order chi connectivity index (χ0) is 19.4. The normalized spacial score (nSPS) is 12.7. The molecule has 1 atom stereocenters. The molecule has 0 saturated heterocycles. The third kappa shape index (κ3) is 12.1. The highest BCUT2D eigenvalue weighted by atomic mass is 127. The zero-order valence-electron chi connectivity index (χ0n) is 17.5. The average molecular weight is 491 g/mol. The van der Waals surface area contributed by atoms with Crippen molar-refractivity contribution < 1.29 is 9.84 Å². The smallest absolute Gasteiger partial charge is 0.191 e. The van der Waals surface area contributed by atoms with Crippen molar-refractivity contribution in [3.8, 4) is 5.75 Å². The van der Waals surface area contributed by atoms with E-state index in [9.17, 15) is 5.11 Å². The van der Waals surface area contributed by atoms with Crippen molar-refractivity contribution >= 4 is 29.9 Å². The van der Waals surface area contributed by atoms with Gasteiger partial charge in [-0.05, 0) is 63.1 Å². The third-order valence-electron chi connectivity index (χ3n) is 3.96. The van der Waals surface area contributed by atoms with Gasteiger partial charge in [0.1, 0.15) is 5.75 Å². The molecule has 1 aromatic carbocycles. The topological polar surface area (TPSA) is 65.9 Å². The summed E-state index contributed by atoms with van der Waals surface area (Å²) in [4.78, 5) is 4.68. The van der Waals surface area contributed by atoms with Crippen molar-refractivity contribution in [2.75, 3.05) is 19.7 Å². The Morgan fingerprint density at radius 3 is 2.30 bits per heavy atom. The summed E-state index contributed by atoms with van der Waals surface area (Å²) >= 11 is 0. The summed E-state index contributed by atoms with van der Waals surface area (Å²) < 4.78 is 5.67. The predicted octanol–water partition coefficient (Wildman–Crippen LogP) is 4.19. The first-order chi connectivity index (χ1) is 12.4. The fraction of sp³-hybridized carbons (Fsp3) is 0.667. The van der Waals surface area contributed by atoms with Crippen LogP contribution in [0.3, 0.4) is 0 Å². The number of aliphatic hydroxyl groups is 1. The first kappa shape index (κ1) is 26.0. The second-order valence-corrected chi connectivity index (χ2v) is 7.39. The zero-order valence-corrected chi connectivity index (χ0v) is 19.8. The van der Waals surface area contributed by atoms with Gasteiger partial charge in [-0.3, -0.25) is 0 Å². The van der Waals surface area contributed by atoms with Crippen LogP contribution in [0.5, 0.6) is 5.75 Å². The monoisotopic (exact) mass is 491 g/mol. The lowest BCUT2D eigenvalue weighted by Crippen LogP contribution is -2.40. The van der Waals surface area contributed by atoms with Crippen LogP contribution in [0.15, 0.2) is 29.3 Å². The number of aliphatic imine (C=N–C) groups is 1. The Bertz CT molecular complexity index is 519. The van der Waals surface area contributed by atoms with Crippen molar-refractivity contribution in [2.24, 2.45) is 16.8 Å². The van der Waals surface area contributed by atoms with Crippen LogP contribution in [0, 0.1) is 11.8 Å². The van der Waals surface area contributed by atoms with E-state index in [-0.39, 0.29) is 36.7 Å². The molecule has 6 heteroatoms. The van der Waals surface area contributed by atoms with E-state index in [1.54, 1.807) is 0 Å². The molecule has 1 aromatic rings. The summed E-state index contributed by atoms with van der Waals surface area (Å²) in [5.41, 5.74) is 1.15. The second kappa shape index (κ2) is 15.0. The third-order valence-corrected chi connectivity index (χ3v) is 3.96. The van der Waals surface area contributed by atoms with Crippen LogP contribution in [0.2, 0.25) is 0 Å². The summed E-state index contributed by atoms with van der Waals surface area (Å²) in [7, 11) is 0. The van der Waals surface area contributed by atoms with Gasteiger partial charge in [-0.15, -0.1) is 24.0 Å². The Kier molecular flexibility index (Phi) is 14.4. The molecule has 3 N–H and O–H groups in total. The molecule has 0 aliphatic carbocycles. The maximum absolute atomic E-state index is 9.26. The van der Waals surface area contributed by atoms with E-state index in [4.69, 9.17) is 4.74 Å². The summed E-state index contributed by atoms with van der Waals surface area (Å²) in [5.74, 6) is 2.79. The average Bonchev–Trinajstić information content (AvgIpc) is 2.57. The standard InChI is InChI=1S/C21H37N3O2.HI/c1-6-22-21(24-15-19(11-12-25)13-16(2)3)23-14-18-7-9-20(10-8-18)26-17(4)5;/h7-10,16-17,19,25H,6,11-15H2,1-5H3,(H2,22,23,24);1H. The predicted molar refractivity (Wildman–Crippen MR) is 125 cm³/mol. The maximum atomic E-state index is 9.26. The number of ether oxygens (including phenoxy) is 1. The van der Waals surface area contributed by atoms with E-state index >= 15 is 0 Å². The summed E-state index contributed by atoms with van der Waals surface area (Å²) in [6.45, 7) is 13.0. The Labute approximate surface area is 182 Å². The number of benzene rings is 1. The lowest BCUT2D eigenvalue weighted by molar-refractivity contribution is 0.242. The van der Waals surface area contributed by atoms with Crippen molar-refractivity contribution in [3.63, 3.8) is 0 Å². The second-order valence-electron chi connectivity index (χ2n) is 7.39. The summed E-state index contributed by atoms with van der Waals surface area (Å²) in [5, 5.41) is 16.0. The molecular formula is C21H38IN3O2. The Morgan fingerprint density at radius 1 is 1.11 bits per heavy atom. The molecule has 0 aliphatic rings. The Morgan fingerprint density at radius 2 is 1.78 bits per heavy atom. The van der Waals surface area contributed by atoms with Crippen molar-refractivity contribution in [3.05, 3.63) is 29.8 Å². The minimum absolute atomic E-state index is 0. The molecule has 0 aliphatic heterocycles. The number of rotatable bonds is 11. The highest BCUT2D eigenvalue weighted by Crippen LogP contribution is 2.15. The highest BCUT2D eigenvalue weighted by molar-refractivity contribution is 14.0. The lowest BCUT2D eigenvalue weighted by atomic mass is 9.94. The summed E-state index contributed by atoms with van der Waals surface area (Å²) in [6.07, 6.45) is 2.10. The van der Waals surface area contributed by atoms with Crippen LogP contribution in [-0.2, 0) is 6.54 Å². The van der Waals surface area contributed by atoms with Crippen molar-refractivity contribution in [1.82, 2.24) is 10.6 Å². The van der Waals surface area contributed by atoms with E-state index in [0.29, 0.717) is 18.4 Å². The molecule has 0 aromatic heterocycles. The number of nitrogens with zero attached hydrogens (tertiary/aromatic N) is 1. The molecule has 0 saturated carbocycles. The van der Waals surface area contributed by atoms with Crippen LogP contribution in [-0.4, -0.2) is 36.9 Å². The minimum Gasteiger partial charge on any atom is -0.491 e. The van der Waals surface area contributed by atoms with Crippen molar-refractivity contribution in [2.45, 2.75) is 60.1 Å². The number of nitrogens with one attached hydrogen (secondary N) is 2. The SMILES string of the molecule is CCNC(=NCc1ccc(OC(C)C)cc1)NCC(CCO)CC(C)C.I. The molecule has 0 amide bonds. The van der Waals surface area contributed by atoms with Crippen LogP contribution < -0.4 is 15.4 Å². The molecule has 27 heavy (non-hydrogen) atoms. The van der Waals surface area contributed by atoms with Gasteiger partial charge < -0.3 is 20.5 Å². The molecule has 0 fully saturated rings. The highest BCUT2D eigenvalue weighted by Gasteiger charge is 2.11. The Hall–Kier alpha value is -1.02. The fourth-order valence-electron chi connectivity index (χ4n) is 2.85. The van der Waals surface area contributed by atoms with Gasteiger partial charge in [0, 0.05) is 19.7 Å². The lowest BCUT2D eigenvalue weighted by Gasteiger charge is -2.20. The van der Waals surface area contributed by atoms with Gasteiger partial charge in [0.2, 0.25) is 0 Å². The van der Waals surface area contributed by atoms with Crippen LogP contribution >= 0.6 is 24.0 Å². The van der Waals surface area contributed by atoms with E-state index in [1.807, 2.05) is 26.0 Å². The van der Waals surface area contributed by atoms with Crippen LogP contribution in [0.4, 0.5) is 0 Å². The number of halogens is 1. The molecule has 0 spiro atoms. The van der Waals surface area contributed by atoms with Crippen LogP contribution in [0.1, 0.15) is 53.0 Å².